The number of hydrogen-bond acceptors (Lipinski definition) is 11. The van der Waals surface area contributed by atoms with E-state index in [1.807, 2.05) is 58.4 Å². The molecule has 218 valence electrons. The molecule has 0 unspecified atom stereocenters. The van der Waals surface area contributed by atoms with E-state index in [0.717, 1.165) is 31.0 Å². The molecule has 1 atom stereocenters. The predicted molar refractivity (Wildman–Crippen MR) is 160 cm³/mol. The maximum atomic E-state index is 12.4. The van der Waals surface area contributed by atoms with Crippen molar-refractivity contribution in [2.75, 3.05) is 72.9 Å². The van der Waals surface area contributed by atoms with E-state index >= 15 is 0 Å². The van der Waals surface area contributed by atoms with Crippen LogP contribution in [-0.4, -0.2) is 101 Å². The zero-order valence-electron chi connectivity index (χ0n) is 24.4. The molecule has 0 aliphatic carbocycles. The average Bonchev–Trinajstić information content (AvgIpc) is 2.96. The summed E-state index contributed by atoms with van der Waals surface area (Å²) in [7, 11) is 1.83. The van der Waals surface area contributed by atoms with E-state index in [0.29, 0.717) is 49.2 Å². The van der Waals surface area contributed by atoms with Gasteiger partial charge in [-0.2, -0.15) is 0 Å². The number of ether oxygens (including phenoxy) is 1. The number of amides is 1. The van der Waals surface area contributed by atoms with Crippen molar-refractivity contribution in [2.24, 2.45) is 0 Å². The molecule has 2 fully saturated rings. The van der Waals surface area contributed by atoms with Crippen molar-refractivity contribution in [3.05, 3.63) is 42.7 Å². The number of rotatable bonds is 5. The molecule has 1 aromatic carbocycles. The Morgan fingerprint density at radius 1 is 1.00 bits per heavy atom. The molecule has 4 heterocycles. The first-order valence-electron chi connectivity index (χ1n) is 14.0. The number of phenolic OH excluding ortho intramolecular Hbond substituents is 1. The van der Waals surface area contributed by atoms with Gasteiger partial charge in [-0.05, 0) is 45.9 Å². The zero-order valence-corrected chi connectivity index (χ0v) is 24.4. The normalized spacial score (nSPS) is 17.9. The number of nitrogens with zero attached hydrogens (tertiary/aromatic N) is 8. The van der Waals surface area contributed by atoms with E-state index in [4.69, 9.17) is 14.7 Å². The second kappa shape index (κ2) is 11.6. The van der Waals surface area contributed by atoms with Crippen molar-refractivity contribution in [1.82, 2.24) is 25.1 Å². The molecule has 12 heteroatoms. The lowest BCUT2D eigenvalue weighted by Crippen LogP contribution is -2.53. The number of benzene rings is 1. The summed E-state index contributed by atoms with van der Waals surface area (Å²) in [5.41, 5.74) is 2.66. The summed E-state index contributed by atoms with van der Waals surface area (Å²) in [5.74, 6) is 1.56. The van der Waals surface area contributed by atoms with Crippen LogP contribution < -0.4 is 20.0 Å². The predicted octanol–water partition coefficient (Wildman–Crippen LogP) is 3.45. The van der Waals surface area contributed by atoms with Crippen molar-refractivity contribution >= 4 is 29.2 Å². The van der Waals surface area contributed by atoms with Crippen LogP contribution in [0.2, 0.25) is 0 Å². The number of phenols is 1. The molecule has 41 heavy (non-hydrogen) atoms. The fraction of sp³-hybridized carbons (Fsp3) is 0.483. The summed E-state index contributed by atoms with van der Waals surface area (Å²) < 4.78 is 5.50. The lowest BCUT2D eigenvalue weighted by Gasteiger charge is -2.41. The van der Waals surface area contributed by atoms with Crippen LogP contribution in [0, 0.1) is 0 Å². The molecular weight excluding hydrogens is 522 g/mol. The maximum absolute atomic E-state index is 12.4. The van der Waals surface area contributed by atoms with Crippen molar-refractivity contribution in [2.45, 2.75) is 39.3 Å². The molecule has 2 aliphatic rings. The summed E-state index contributed by atoms with van der Waals surface area (Å²) in [5, 5.41) is 22.2. The Morgan fingerprint density at radius 3 is 2.32 bits per heavy atom. The highest BCUT2D eigenvalue weighted by Crippen LogP contribution is 2.34. The molecule has 3 aromatic rings. The Labute approximate surface area is 241 Å². The van der Waals surface area contributed by atoms with E-state index in [1.165, 1.54) is 0 Å². The minimum Gasteiger partial charge on any atom is -0.507 e. The van der Waals surface area contributed by atoms with Gasteiger partial charge in [0.2, 0.25) is 5.95 Å². The molecular formula is C29H39N9O3. The van der Waals surface area contributed by atoms with Crippen LogP contribution in [-0.2, 0) is 4.74 Å². The molecule has 12 nitrogen and oxygen atoms in total. The third-order valence-electron chi connectivity index (χ3n) is 7.33. The number of nitrogens with one attached hydrogen (secondary N) is 1. The molecule has 2 saturated heterocycles. The van der Waals surface area contributed by atoms with Gasteiger partial charge in [-0.3, -0.25) is 0 Å². The lowest BCUT2D eigenvalue weighted by molar-refractivity contribution is 0.0240. The Hall–Kier alpha value is -4.35. The number of carbonyl (C=O) groups excluding carboxylic acids is 1. The summed E-state index contributed by atoms with van der Waals surface area (Å²) in [6, 6.07) is 9.29. The summed E-state index contributed by atoms with van der Waals surface area (Å²) >= 11 is 0. The SMILES string of the molecule is CNc1nnc(-c2ccccc2O)cc1N1CCN(c2ncc(N3CCN(C(=O)OC(C)(C)C)CC3)cn2)C[C@@H]1C. The Balaban J connectivity index is 1.22. The molecule has 2 aromatic heterocycles. The number of aromatic hydroxyl groups is 1. The standard InChI is InChI=1S/C29H39N9O3/c1-20-19-37(14-15-38(20)24-16-23(33-34-26(24)30-5)22-8-6-7-9-25(22)39)27-31-17-21(18-32-27)35-10-12-36(13-11-35)28(40)41-29(2,3)4/h6-9,16-18,20,39H,10-15,19H2,1-5H3,(H,30,34)/t20-/m0/s1. The van der Waals surface area contributed by atoms with E-state index in [1.54, 1.807) is 17.0 Å². The van der Waals surface area contributed by atoms with Crippen LogP contribution >= 0.6 is 0 Å². The monoisotopic (exact) mass is 561 g/mol. The van der Waals surface area contributed by atoms with Crippen molar-refractivity contribution in [1.29, 1.82) is 0 Å². The van der Waals surface area contributed by atoms with Gasteiger partial charge < -0.3 is 34.8 Å². The maximum Gasteiger partial charge on any atom is 0.410 e. The van der Waals surface area contributed by atoms with E-state index in [9.17, 15) is 9.90 Å². The third-order valence-corrected chi connectivity index (χ3v) is 7.33. The molecule has 0 spiro atoms. The molecule has 0 saturated carbocycles. The lowest BCUT2D eigenvalue weighted by atomic mass is 10.1. The van der Waals surface area contributed by atoms with Crippen molar-refractivity contribution in [3.8, 4) is 17.0 Å². The number of aromatic nitrogens is 4. The van der Waals surface area contributed by atoms with Crippen LogP contribution in [0.25, 0.3) is 11.3 Å². The molecule has 2 N–H and O–H groups in total. The highest BCUT2D eigenvalue weighted by atomic mass is 16.6. The van der Waals surface area contributed by atoms with E-state index in [-0.39, 0.29) is 17.9 Å². The fourth-order valence-electron chi connectivity index (χ4n) is 5.21. The third kappa shape index (κ3) is 6.36. The average molecular weight is 562 g/mol. The number of carbonyl (C=O) groups is 1. The Kier molecular flexibility index (Phi) is 8.00. The largest absolute Gasteiger partial charge is 0.507 e. The van der Waals surface area contributed by atoms with Gasteiger partial charge in [-0.1, -0.05) is 12.1 Å². The van der Waals surface area contributed by atoms with Gasteiger partial charge >= 0.3 is 6.09 Å². The smallest absolute Gasteiger partial charge is 0.410 e. The van der Waals surface area contributed by atoms with Gasteiger partial charge in [-0.15, -0.1) is 10.2 Å². The second-order valence-electron chi connectivity index (χ2n) is 11.4. The Bertz CT molecular complexity index is 1350. The van der Waals surface area contributed by atoms with Gasteiger partial charge in [0.05, 0.1) is 29.5 Å². The highest BCUT2D eigenvalue weighted by molar-refractivity contribution is 5.75. The number of piperazine rings is 2. The van der Waals surface area contributed by atoms with Crippen molar-refractivity contribution in [3.63, 3.8) is 0 Å². The van der Waals surface area contributed by atoms with Gasteiger partial charge in [0.15, 0.2) is 5.82 Å². The highest BCUT2D eigenvalue weighted by Gasteiger charge is 2.29. The first kappa shape index (κ1) is 28.2. The van der Waals surface area contributed by atoms with Gasteiger partial charge in [0.1, 0.15) is 11.4 Å². The minimum atomic E-state index is -0.500. The summed E-state index contributed by atoms with van der Waals surface area (Å²) in [4.78, 5) is 30.2. The van der Waals surface area contributed by atoms with Crippen LogP contribution in [0.3, 0.4) is 0 Å². The topological polar surface area (TPSA) is 123 Å². The van der Waals surface area contributed by atoms with E-state index in [2.05, 4.69) is 37.1 Å². The van der Waals surface area contributed by atoms with E-state index < -0.39 is 5.60 Å². The van der Waals surface area contributed by atoms with Crippen LogP contribution in [0.4, 0.5) is 27.9 Å². The summed E-state index contributed by atoms with van der Waals surface area (Å²) in [6.07, 6.45) is 3.47. The van der Waals surface area contributed by atoms with Gasteiger partial charge in [-0.25, -0.2) is 14.8 Å². The number of para-hydroxylation sites is 1. The molecule has 5 rings (SSSR count). The van der Waals surface area contributed by atoms with Crippen molar-refractivity contribution < 1.29 is 14.6 Å². The molecule has 2 aliphatic heterocycles. The van der Waals surface area contributed by atoms with Gasteiger partial charge in [0.25, 0.3) is 0 Å². The van der Waals surface area contributed by atoms with Crippen LogP contribution in [0.1, 0.15) is 27.7 Å². The molecule has 0 radical (unpaired) electrons. The number of anilines is 4. The number of hydrogen-bond donors (Lipinski definition) is 2. The van der Waals surface area contributed by atoms with Crippen LogP contribution in [0.15, 0.2) is 42.7 Å². The minimum absolute atomic E-state index is 0.154. The van der Waals surface area contributed by atoms with Gasteiger partial charge in [0, 0.05) is 64.5 Å². The second-order valence-corrected chi connectivity index (χ2v) is 11.4. The fourth-order valence-corrected chi connectivity index (χ4v) is 5.21. The van der Waals surface area contributed by atoms with Crippen LogP contribution in [0.5, 0.6) is 5.75 Å². The Morgan fingerprint density at radius 2 is 1.68 bits per heavy atom. The quantitative estimate of drug-likeness (QED) is 0.476. The molecule has 0 bridgehead atoms. The molecule has 1 amide bonds. The summed E-state index contributed by atoms with van der Waals surface area (Å²) in [6.45, 7) is 12.6. The zero-order chi connectivity index (χ0) is 29.1. The first-order valence-corrected chi connectivity index (χ1v) is 14.0. The first-order chi connectivity index (χ1) is 19.6.